The van der Waals surface area contributed by atoms with Crippen LogP contribution in [0.25, 0.3) is 0 Å². The topological polar surface area (TPSA) is 70.7 Å². The number of nitrogens with one attached hydrogen (secondary N) is 2. The van der Waals surface area contributed by atoms with Crippen LogP contribution in [0.5, 0.6) is 0 Å². The Hall–Kier alpha value is -1.99. The van der Waals surface area contributed by atoms with Crippen LogP contribution < -0.4 is 10.6 Å². The predicted octanol–water partition coefficient (Wildman–Crippen LogP) is 0.977. The third kappa shape index (κ3) is 4.59. The summed E-state index contributed by atoms with van der Waals surface area (Å²) in [5.74, 6) is -0.343. The highest BCUT2D eigenvalue weighted by atomic mass is 19.1. The number of ether oxygens (including phenoxy) is 1. The highest BCUT2D eigenvalue weighted by molar-refractivity contribution is 5.83. The molecule has 0 saturated carbocycles. The highest BCUT2D eigenvalue weighted by Crippen LogP contribution is 2.19. The molecule has 2 N–H and O–H groups in total. The maximum absolute atomic E-state index is 13.6. The second-order valence-corrected chi connectivity index (χ2v) is 6.98. The number of amides is 2. The summed E-state index contributed by atoms with van der Waals surface area (Å²) in [4.78, 5) is 26.6. The lowest BCUT2D eigenvalue weighted by atomic mass is 9.95. The van der Waals surface area contributed by atoms with E-state index in [0.717, 1.165) is 5.56 Å². The molecule has 0 radical (unpaired) electrons. The zero-order chi connectivity index (χ0) is 18.5. The van der Waals surface area contributed by atoms with Gasteiger partial charge in [0.05, 0.1) is 13.2 Å². The second kappa shape index (κ2) is 8.60. The van der Waals surface area contributed by atoms with Crippen molar-refractivity contribution < 1.29 is 18.7 Å². The molecule has 2 aliphatic rings. The third-order valence-corrected chi connectivity index (χ3v) is 5.10. The number of nitrogens with zero attached hydrogens (tertiary/aromatic N) is 1. The number of aryl methyl sites for hydroxylation is 1. The van der Waals surface area contributed by atoms with Crippen LogP contribution in [-0.2, 0) is 20.9 Å². The standard InChI is InChI=1S/C19H26FN3O3/c1-13-2-3-14(10-16(13)20)11-22-18(24)15-4-7-23(8-5-15)19(25)17-12-26-9-6-21-17/h2-3,10,15,17,21H,4-9,11-12H2,1H3,(H,22,24). The lowest BCUT2D eigenvalue weighted by molar-refractivity contribution is -0.139. The van der Waals surface area contributed by atoms with Crippen LogP contribution in [0.4, 0.5) is 4.39 Å². The summed E-state index contributed by atoms with van der Waals surface area (Å²) >= 11 is 0. The van der Waals surface area contributed by atoms with Gasteiger partial charge in [-0.15, -0.1) is 0 Å². The van der Waals surface area contributed by atoms with Gasteiger partial charge in [-0.25, -0.2) is 4.39 Å². The molecule has 0 aromatic heterocycles. The molecule has 0 aliphatic carbocycles. The third-order valence-electron chi connectivity index (χ3n) is 5.10. The number of benzene rings is 1. The smallest absolute Gasteiger partial charge is 0.242 e. The predicted molar refractivity (Wildman–Crippen MR) is 94.9 cm³/mol. The van der Waals surface area contributed by atoms with Crippen molar-refractivity contribution in [3.05, 3.63) is 35.1 Å². The second-order valence-electron chi connectivity index (χ2n) is 6.98. The first-order valence-electron chi connectivity index (χ1n) is 9.17. The molecule has 2 fully saturated rings. The molecule has 2 amide bonds. The first kappa shape index (κ1) is 18.8. The molecule has 7 heteroatoms. The molecule has 26 heavy (non-hydrogen) atoms. The van der Waals surface area contributed by atoms with Gasteiger partial charge in [-0.05, 0) is 37.0 Å². The van der Waals surface area contributed by atoms with Crippen LogP contribution in [0.2, 0.25) is 0 Å². The van der Waals surface area contributed by atoms with Crippen molar-refractivity contribution in [2.75, 3.05) is 32.8 Å². The average Bonchev–Trinajstić information content (AvgIpc) is 2.69. The largest absolute Gasteiger partial charge is 0.378 e. The molecule has 6 nitrogen and oxygen atoms in total. The number of piperidine rings is 1. The Bertz CT molecular complexity index is 653. The Balaban J connectivity index is 1.44. The van der Waals surface area contributed by atoms with Gasteiger partial charge in [0.1, 0.15) is 11.9 Å². The van der Waals surface area contributed by atoms with E-state index >= 15 is 0 Å². The van der Waals surface area contributed by atoms with Crippen LogP contribution in [0, 0.1) is 18.7 Å². The molecule has 2 heterocycles. The van der Waals surface area contributed by atoms with Gasteiger partial charge in [0.25, 0.3) is 0 Å². The van der Waals surface area contributed by atoms with Crippen molar-refractivity contribution in [1.29, 1.82) is 0 Å². The lowest BCUT2D eigenvalue weighted by Crippen LogP contribution is -2.54. The van der Waals surface area contributed by atoms with E-state index < -0.39 is 0 Å². The SMILES string of the molecule is Cc1ccc(CNC(=O)C2CCN(C(=O)C3COCCN3)CC2)cc1F. The minimum atomic E-state index is -0.273. The Morgan fingerprint density at radius 3 is 2.77 bits per heavy atom. The number of morpholine rings is 1. The van der Waals surface area contributed by atoms with E-state index in [1.54, 1.807) is 13.0 Å². The van der Waals surface area contributed by atoms with E-state index in [0.29, 0.717) is 57.8 Å². The number of carbonyl (C=O) groups excluding carboxylic acids is 2. The quantitative estimate of drug-likeness (QED) is 0.837. The molecule has 3 rings (SSSR count). The highest BCUT2D eigenvalue weighted by Gasteiger charge is 2.31. The van der Waals surface area contributed by atoms with Gasteiger partial charge in [0.15, 0.2) is 0 Å². The Morgan fingerprint density at radius 1 is 1.35 bits per heavy atom. The molecule has 1 aromatic rings. The summed E-state index contributed by atoms with van der Waals surface area (Å²) < 4.78 is 18.9. The van der Waals surface area contributed by atoms with Gasteiger partial charge < -0.3 is 20.3 Å². The zero-order valence-corrected chi connectivity index (χ0v) is 15.1. The average molecular weight is 363 g/mol. The van der Waals surface area contributed by atoms with Gasteiger partial charge in [0.2, 0.25) is 11.8 Å². The van der Waals surface area contributed by atoms with Crippen molar-refractivity contribution in [1.82, 2.24) is 15.5 Å². The number of rotatable bonds is 4. The van der Waals surface area contributed by atoms with Crippen molar-refractivity contribution in [3.63, 3.8) is 0 Å². The summed E-state index contributed by atoms with van der Waals surface area (Å²) in [6.45, 7) is 4.92. The Kier molecular flexibility index (Phi) is 6.21. The van der Waals surface area contributed by atoms with Gasteiger partial charge in [0, 0.05) is 32.1 Å². The van der Waals surface area contributed by atoms with E-state index in [4.69, 9.17) is 4.74 Å². The fourth-order valence-electron chi connectivity index (χ4n) is 3.39. The normalized spacial score (nSPS) is 21.5. The minimum Gasteiger partial charge on any atom is -0.378 e. The van der Waals surface area contributed by atoms with Gasteiger partial charge in [-0.3, -0.25) is 9.59 Å². The number of likely N-dealkylation sites (tertiary alicyclic amines) is 1. The zero-order valence-electron chi connectivity index (χ0n) is 15.1. The number of halogens is 1. The molecule has 1 unspecified atom stereocenters. The van der Waals surface area contributed by atoms with Crippen LogP contribution in [0.15, 0.2) is 18.2 Å². The number of carbonyl (C=O) groups is 2. The van der Waals surface area contributed by atoms with Crippen molar-refractivity contribution >= 4 is 11.8 Å². The summed E-state index contributed by atoms with van der Waals surface area (Å²) in [7, 11) is 0. The molecule has 0 spiro atoms. The molecular formula is C19H26FN3O3. The maximum Gasteiger partial charge on any atom is 0.242 e. The van der Waals surface area contributed by atoms with E-state index in [1.807, 2.05) is 11.0 Å². The first-order chi connectivity index (χ1) is 12.5. The summed E-state index contributed by atoms with van der Waals surface area (Å²) in [5.41, 5.74) is 1.34. The number of hydrogen-bond donors (Lipinski definition) is 2. The van der Waals surface area contributed by atoms with Crippen molar-refractivity contribution in [2.45, 2.75) is 32.4 Å². The summed E-state index contributed by atoms with van der Waals surface area (Å²) in [5, 5.41) is 6.05. The van der Waals surface area contributed by atoms with Gasteiger partial charge >= 0.3 is 0 Å². The van der Waals surface area contributed by atoms with E-state index in [9.17, 15) is 14.0 Å². The van der Waals surface area contributed by atoms with Crippen LogP contribution in [0.3, 0.4) is 0 Å². The molecule has 1 aromatic carbocycles. The van der Waals surface area contributed by atoms with Crippen LogP contribution in [0.1, 0.15) is 24.0 Å². The lowest BCUT2D eigenvalue weighted by Gasteiger charge is -2.35. The summed E-state index contributed by atoms with van der Waals surface area (Å²) in [6.07, 6.45) is 1.29. The minimum absolute atomic E-state index is 0.0304. The van der Waals surface area contributed by atoms with E-state index in [-0.39, 0.29) is 29.6 Å². The van der Waals surface area contributed by atoms with Crippen molar-refractivity contribution in [2.24, 2.45) is 5.92 Å². The molecule has 2 aliphatic heterocycles. The van der Waals surface area contributed by atoms with Crippen LogP contribution in [-0.4, -0.2) is 55.6 Å². The maximum atomic E-state index is 13.6. The Labute approximate surface area is 153 Å². The monoisotopic (exact) mass is 363 g/mol. The fourth-order valence-corrected chi connectivity index (χ4v) is 3.39. The first-order valence-corrected chi connectivity index (χ1v) is 9.17. The van der Waals surface area contributed by atoms with E-state index in [2.05, 4.69) is 10.6 Å². The van der Waals surface area contributed by atoms with Gasteiger partial charge in [-0.1, -0.05) is 12.1 Å². The van der Waals surface area contributed by atoms with Crippen LogP contribution >= 0.6 is 0 Å². The van der Waals surface area contributed by atoms with E-state index in [1.165, 1.54) is 6.07 Å². The molecule has 142 valence electrons. The number of hydrogen-bond acceptors (Lipinski definition) is 4. The molecule has 0 bridgehead atoms. The molecule has 1 atom stereocenters. The van der Waals surface area contributed by atoms with Crippen molar-refractivity contribution in [3.8, 4) is 0 Å². The summed E-state index contributed by atoms with van der Waals surface area (Å²) in [6, 6.07) is 4.71. The fraction of sp³-hybridized carbons (Fsp3) is 0.579. The van der Waals surface area contributed by atoms with Gasteiger partial charge in [-0.2, -0.15) is 0 Å². The molecule has 2 saturated heterocycles. The molecular weight excluding hydrogens is 337 g/mol. The Morgan fingerprint density at radius 2 is 2.12 bits per heavy atom.